The molecule has 2 heteroatoms. The van der Waals surface area contributed by atoms with Gasteiger partial charge >= 0.3 is 0 Å². The topological polar surface area (TPSA) is 25.8 Å². The van der Waals surface area contributed by atoms with Gasteiger partial charge in [0, 0.05) is 23.5 Å². The third-order valence-corrected chi connectivity index (χ3v) is 8.50. The molecule has 2 aromatic heterocycles. The minimum atomic E-state index is 0.978. The summed E-state index contributed by atoms with van der Waals surface area (Å²) >= 11 is 0. The first kappa shape index (κ1) is 25.9. The number of nitrogens with zero attached hydrogens (tertiary/aromatic N) is 2. The maximum atomic E-state index is 4.95. The van der Waals surface area contributed by atoms with Gasteiger partial charge in [-0.05, 0) is 118 Å². The molecular weight excluding hydrogens is 508 g/mol. The van der Waals surface area contributed by atoms with Crippen LogP contribution in [0.4, 0.5) is 0 Å². The molecule has 7 aromatic rings. The quantitative estimate of drug-likeness (QED) is 0.208. The Hall–Kier alpha value is -5.08. The summed E-state index contributed by atoms with van der Waals surface area (Å²) < 4.78 is 0. The maximum absolute atomic E-state index is 4.95. The Bertz CT molecular complexity index is 1890. The first-order valence-electron chi connectivity index (χ1n) is 14.5. The lowest BCUT2D eigenvalue weighted by Crippen LogP contribution is -1.95. The van der Waals surface area contributed by atoms with E-state index in [4.69, 9.17) is 9.97 Å². The third-order valence-electron chi connectivity index (χ3n) is 8.50. The molecule has 0 aliphatic carbocycles. The van der Waals surface area contributed by atoms with Crippen molar-refractivity contribution in [1.29, 1.82) is 0 Å². The van der Waals surface area contributed by atoms with Gasteiger partial charge in [0.15, 0.2) is 0 Å². The van der Waals surface area contributed by atoms with Gasteiger partial charge in [-0.2, -0.15) is 0 Å². The zero-order chi connectivity index (χ0) is 28.8. The fourth-order valence-electron chi connectivity index (χ4n) is 6.67. The van der Waals surface area contributed by atoms with Gasteiger partial charge in [0.1, 0.15) is 0 Å². The van der Waals surface area contributed by atoms with E-state index >= 15 is 0 Å². The zero-order valence-electron chi connectivity index (χ0n) is 24.4. The minimum Gasteiger partial charge on any atom is -0.256 e. The Balaban J connectivity index is 1.51. The summed E-state index contributed by atoms with van der Waals surface area (Å²) in [6, 6.07) is 39.1. The summed E-state index contributed by atoms with van der Waals surface area (Å²) in [4.78, 5) is 9.91. The molecule has 0 fully saturated rings. The van der Waals surface area contributed by atoms with Crippen molar-refractivity contribution in [2.45, 2.75) is 27.7 Å². The van der Waals surface area contributed by atoms with Crippen LogP contribution < -0.4 is 0 Å². The van der Waals surface area contributed by atoms with Gasteiger partial charge < -0.3 is 0 Å². The number of hydrogen-bond donors (Lipinski definition) is 0. The minimum absolute atomic E-state index is 0.978. The lowest BCUT2D eigenvalue weighted by molar-refractivity contribution is 1.31. The summed E-state index contributed by atoms with van der Waals surface area (Å²) in [6.45, 7) is 8.73. The van der Waals surface area contributed by atoms with Gasteiger partial charge in [0.25, 0.3) is 0 Å². The number of aromatic nitrogens is 2. The predicted molar refractivity (Wildman–Crippen MR) is 178 cm³/mol. The highest BCUT2D eigenvalue weighted by Crippen LogP contribution is 2.44. The van der Waals surface area contributed by atoms with E-state index in [0.717, 1.165) is 22.5 Å². The van der Waals surface area contributed by atoms with Gasteiger partial charge in [0.05, 0.1) is 11.4 Å². The first-order chi connectivity index (χ1) is 20.5. The van der Waals surface area contributed by atoms with Crippen LogP contribution in [0.3, 0.4) is 0 Å². The largest absolute Gasteiger partial charge is 0.256 e. The van der Waals surface area contributed by atoms with Crippen molar-refractivity contribution in [2.24, 2.45) is 0 Å². The number of fused-ring (bicyclic) bond motifs is 2. The third kappa shape index (κ3) is 4.28. The van der Waals surface area contributed by atoms with Crippen molar-refractivity contribution in [1.82, 2.24) is 9.97 Å². The van der Waals surface area contributed by atoms with E-state index in [-0.39, 0.29) is 0 Å². The fourth-order valence-corrected chi connectivity index (χ4v) is 6.67. The van der Waals surface area contributed by atoms with Crippen LogP contribution in [0.25, 0.3) is 66.3 Å². The molecule has 0 aliphatic rings. The highest BCUT2D eigenvalue weighted by molar-refractivity contribution is 6.20. The van der Waals surface area contributed by atoms with Crippen molar-refractivity contribution in [3.63, 3.8) is 0 Å². The summed E-state index contributed by atoms with van der Waals surface area (Å²) in [5, 5.41) is 4.71. The Morgan fingerprint density at radius 1 is 0.357 bits per heavy atom. The second kappa shape index (κ2) is 10.4. The standard InChI is InChI=1S/C40H32N2/c1-25-11-9-12-26(2)37(25)29-19-21-41-35(23-29)39-31-15-5-7-17-33(31)40(34-18-8-6-16-32(34)39)36-24-30(20-22-42-36)38-27(3)13-10-14-28(38)4/h5-24H,1-4H3. The van der Waals surface area contributed by atoms with Crippen LogP contribution in [-0.2, 0) is 0 Å². The monoisotopic (exact) mass is 540 g/mol. The number of hydrogen-bond acceptors (Lipinski definition) is 2. The molecule has 2 heterocycles. The van der Waals surface area contributed by atoms with Crippen LogP contribution in [0.1, 0.15) is 22.3 Å². The van der Waals surface area contributed by atoms with E-state index in [0.29, 0.717) is 0 Å². The van der Waals surface area contributed by atoms with Gasteiger partial charge in [-0.25, -0.2) is 0 Å². The highest BCUT2D eigenvalue weighted by atomic mass is 14.7. The molecule has 202 valence electrons. The number of benzene rings is 5. The number of rotatable bonds is 4. The van der Waals surface area contributed by atoms with Crippen LogP contribution in [0.15, 0.2) is 122 Å². The number of pyridine rings is 2. The molecule has 0 spiro atoms. The molecule has 7 rings (SSSR count). The summed E-state index contributed by atoms with van der Waals surface area (Å²) in [6.07, 6.45) is 3.90. The van der Waals surface area contributed by atoms with E-state index in [2.05, 4.69) is 137 Å². The van der Waals surface area contributed by atoms with Crippen LogP contribution in [0.2, 0.25) is 0 Å². The van der Waals surface area contributed by atoms with Gasteiger partial charge in [0.2, 0.25) is 0 Å². The van der Waals surface area contributed by atoms with Crippen molar-refractivity contribution >= 4 is 21.5 Å². The average Bonchev–Trinajstić information content (AvgIpc) is 3.00. The second-order valence-corrected chi connectivity index (χ2v) is 11.2. The summed E-state index contributed by atoms with van der Waals surface area (Å²) in [5.74, 6) is 0. The molecule has 2 nitrogen and oxygen atoms in total. The molecule has 0 aliphatic heterocycles. The van der Waals surface area contributed by atoms with Crippen LogP contribution >= 0.6 is 0 Å². The lowest BCUT2D eigenvalue weighted by atomic mass is 9.87. The summed E-state index contributed by atoms with van der Waals surface area (Å²) in [5.41, 5.74) is 14.3. The second-order valence-electron chi connectivity index (χ2n) is 11.2. The smallest absolute Gasteiger partial charge is 0.0720 e. The van der Waals surface area contributed by atoms with E-state index in [1.54, 1.807) is 0 Å². The van der Waals surface area contributed by atoms with Crippen molar-refractivity contribution in [3.05, 3.63) is 144 Å². The highest BCUT2D eigenvalue weighted by Gasteiger charge is 2.19. The maximum Gasteiger partial charge on any atom is 0.0720 e. The normalized spacial score (nSPS) is 11.3. The first-order valence-corrected chi connectivity index (χ1v) is 14.5. The molecule has 0 bridgehead atoms. The molecule has 0 saturated carbocycles. The van der Waals surface area contributed by atoms with Crippen molar-refractivity contribution in [2.75, 3.05) is 0 Å². The SMILES string of the molecule is Cc1cccc(C)c1-c1ccnc(-c2c3ccccc3c(-c3cc(-c4c(C)cccc4C)ccn3)c3ccccc23)c1. The predicted octanol–water partition coefficient (Wildman–Crippen LogP) is 10.7. The summed E-state index contributed by atoms with van der Waals surface area (Å²) in [7, 11) is 0. The Labute approximate surface area is 247 Å². The molecule has 0 amide bonds. The lowest BCUT2D eigenvalue weighted by Gasteiger charge is -2.18. The van der Waals surface area contributed by atoms with E-state index < -0.39 is 0 Å². The van der Waals surface area contributed by atoms with E-state index in [1.807, 2.05) is 12.4 Å². The molecule has 0 unspecified atom stereocenters. The van der Waals surface area contributed by atoms with Crippen molar-refractivity contribution < 1.29 is 0 Å². The fraction of sp³-hybridized carbons (Fsp3) is 0.100. The molecule has 0 saturated heterocycles. The molecular formula is C40H32N2. The molecule has 5 aromatic carbocycles. The Morgan fingerprint density at radius 3 is 1.02 bits per heavy atom. The van der Waals surface area contributed by atoms with E-state index in [9.17, 15) is 0 Å². The van der Waals surface area contributed by atoms with Gasteiger partial charge in [-0.15, -0.1) is 0 Å². The van der Waals surface area contributed by atoms with Gasteiger partial charge in [-0.3, -0.25) is 9.97 Å². The Kier molecular flexibility index (Phi) is 6.40. The molecule has 0 radical (unpaired) electrons. The molecule has 42 heavy (non-hydrogen) atoms. The number of aryl methyl sites for hydroxylation is 4. The van der Waals surface area contributed by atoms with Crippen LogP contribution in [-0.4, -0.2) is 9.97 Å². The zero-order valence-corrected chi connectivity index (χ0v) is 24.4. The van der Waals surface area contributed by atoms with Crippen LogP contribution in [0.5, 0.6) is 0 Å². The van der Waals surface area contributed by atoms with Crippen LogP contribution in [0, 0.1) is 27.7 Å². The average molecular weight is 541 g/mol. The Morgan fingerprint density at radius 2 is 0.690 bits per heavy atom. The van der Waals surface area contributed by atoms with Gasteiger partial charge in [-0.1, -0.05) is 84.9 Å². The van der Waals surface area contributed by atoms with E-state index in [1.165, 1.54) is 66.1 Å². The van der Waals surface area contributed by atoms with Crippen molar-refractivity contribution in [3.8, 4) is 44.8 Å². The molecule has 0 N–H and O–H groups in total. The molecule has 0 atom stereocenters.